The van der Waals surface area contributed by atoms with Crippen LogP contribution in [-0.2, 0) is 33.5 Å². The first-order valence-corrected chi connectivity index (χ1v) is 19.7. The third-order valence-electron chi connectivity index (χ3n) is 6.22. The summed E-state index contributed by atoms with van der Waals surface area (Å²) in [5.41, 5.74) is 0. The highest BCUT2D eigenvalue weighted by molar-refractivity contribution is 8.76. The molecule has 5 N–H and O–H groups in total. The van der Waals surface area contributed by atoms with Crippen molar-refractivity contribution in [2.75, 3.05) is 70.2 Å². The van der Waals surface area contributed by atoms with Gasteiger partial charge < -0.3 is 36.0 Å². The molecule has 0 aliphatic heterocycles. The second-order valence-corrected chi connectivity index (χ2v) is 14.8. The van der Waals surface area contributed by atoms with Crippen LogP contribution in [0.1, 0.15) is 78.1 Å². The average Bonchev–Trinajstić information content (AvgIpc) is 3.00. The maximum atomic E-state index is 12.6. The molecule has 0 heterocycles. The Morgan fingerprint density at radius 1 is 0.652 bits per heavy atom. The molecule has 0 bridgehead atoms. The number of rotatable bonds is 30. The fourth-order valence-electron chi connectivity index (χ4n) is 3.84. The number of thioether (sulfide) groups is 1. The van der Waals surface area contributed by atoms with Gasteiger partial charge in [-0.25, -0.2) is 4.79 Å². The normalized spacial score (nSPS) is 10.8. The Bertz CT molecular complexity index is 899. The highest BCUT2D eigenvalue weighted by Gasteiger charge is 2.15. The van der Waals surface area contributed by atoms with Crippen molar-refractivity contribution in [1.82, 2.24) is 26.2 Å². The van der Waals surface area contributed by atoms with Crippen LogP contribution in [0.2, 0.25) is 0 Å². The Kier molecular flexibility index (Phi) is 28.8. The number of nitrogens with one attached hydrogen (secondary N) is 4. The topological polar surface area (TPSA) is 183 Å². The molecule has 0 fully saturated rings. The Labute approximate surface area is 286 Å². The maximum Gasteiger partial charge on any atom is 0.329 e. The Hall–Kier alpha value is -2.17. The molecule has 0 aliphatic carbocycles. The van der Waals surface area contributed by atoms with Gasteiger partial charge in [0.1, 0.15) is 13.2 Å². The van der Waals surface area contributed by atoms with Gasteiger partial charge in [-0.2, -0.15) is 11.8 Å². The number of carboxylic acid groups (broad SMARTS) is 1. The molecule has 0 saturated carbocycles. The molecule has 16 heteroatoms. The van der Waals surface area contributed by atoms with E-state index in [9.17, 15) is 28.8 Å². The number of carboxylic acids is 1. The van der Waals surface area contributed by atoms with Gasteiger partial charge >= 0.3 is 5.97 Å². The number of hydrogen-bond donors (Lipinski definition) is 5. The standard InChI is InChI=1S/C30H55N5O8S3/c1-24(2)46-45-21-13-28(39)32-15-9-5-7-11-26(37)34-17-19-35(29(40)22-43-23-30(41)42)18-16-33-25(36)10-6-4-8-14-31-27(38)12-20-44-3/h24H,4-23H2,1-3H3,(H,31,38)(H,32,39)(H,33,36)(H,34,37)(H,41,42). The third-order valence-corrected chi connectivity index (χ3v) is 9.79. The number of unbranched alkanes of at least 4 members (excludes halogenated alkanes) is 4. The number of amides is 5. The molecule has 0 atom stereocenters. The van der Waals surface area contributed by atoms with Crippen molar-refractivity contribution in [2.24, 2.45) is 0 Å². The van der Waals surface area contributed by atoms with E-state index >= 15 is 0 Å². The van der Waals surface area contributed by atoms with Crippen LogP contribution in [-0.4, -0.2) is 121 Å². The molecule has 5 amide bonds. The van der Waals surface area contributed by atoms with Crippen LogP contribution in [0, 0.1) is 0 Å². The van der Waals surface area contributed by atoms with Gasteiger partial charge in [0.25, 0.3) is 0 Å². The first kappa shape index (κ1) is 43.8. The van der Waals surface area contributed by atoms with Gasteiger partial charge in [0, 0.05) is 81.7 Å². The highest BCUT2D eigenvalue weighted by Crippen LogP contribution is 2.26. The molecular weight excluding hydrogens is 655 g/mol. The summed E-state index contributed by atoms with van der Waals surface area (Å²) in [6.45, 7) is 5.15. The van der Waals surface area contributed by atoms with Crippen LogP contribution < -0.4 is 21.3 Å². The molecule has 0 saturated heterocycles. The lowest BCUT2D eigenvalue weighted by atomic mass is 10.2. The van der Waals surface area contributed by atoms with Crippen molar-refractivity contribution in [3.05, 3.63) is 0 Å². The number of ether oxygens (including phenoxy) is 1. The molecule has 0 spiro atoms. The first-order valence-electron chi connectivity index (χ1n) is 16.0. The molecule has 0 aromatic carbocycles. The summed E-state index contributed by atoms with van der Waals surface area (Å²) in [4.78, 5) is 72.7. The maximum absolute atomic E-state index is 12.6. The molecule has 0 rings (SSSR count). The Morgan fingerprint density at radius 2 is 1.13 bits per heavy atom. The molecule has 0 aromatic rings. The fraction of sp³-hybridized carbons (Fsp3) is 0.800. The van der Waals surface area contributed by atoms with E-state index in [0.717, 1.165) is 37.2 Å². The van der Waals surface area contributed by atoms with E-state index in [1.807, 2.05) is 6.26 Å². The zero-order valence-corrected chi connectivity index (χ0v) is 30.1. The third kappa shape index (κ3) is 29.2. The van der Waals surface area contributed by atoms with Gasteiger partial charge in [0.15, 0.2) is 0 Å². The van der Waals surface area contributed by atoms with Crippen molar-refractivity contribution >= 4 is 68.9 Å². The van der Waals surface area contributed by atoms with E-state index < -0.39 is 25.1 Å². The molecule has 0 radical (unpaired) electrons. The zero-order valence-electron chi connectivity index (χ0n) is 27.7. The average molecular weight is 710 g/mol. The summed E-state index contributed by atoms with van der Waals surface area (Å²) in [5, 5.41) is 20.6. The lowest BCUT2D eigenvalue weighted by Gasteiger charge is -2.23. The largest absolute Gasteiger partial charge is 0.480 e. The van der Waals surface area contributed by atoms with Crippen LogP contribution in [0.25, 0.3) is 0 Å². The molecule has 266 valence electrons. The van der Waals surface area contributed by atoms with Crippen LogP contribution in [0.15, 0.2) is 0 Å². The first-order chi connectivity index (χ1) is 22.0. The van der Waals surface area contributed by atoms with E-state index in [-0.39, 0.29) is 49.8 Å². The number of carbonyl (C=O) groups is 6. The van der Waals surface area contributed by atoms with Gasteiger partial charge in [0.05, 0.1) is 0 Å². The van der Waals surface area contributed by atoms with Crippen molar-refractivity contribution in [3.63, 3.8) is 0 Å². The van der Waals surface area contributed by atoms with Crippen molar-refractivity contribution in [2.45, 2.75) is 83.3 Å². The number of carbonyl (C=O) groups excluding carboxylic acids is 5. The fourth-order valence-corrected chi connectivity index (χ4v) is 6.22. The summed E-state index contributed by atoms with van der Waals surface area (Å²) >= 11 is 1.63. The lowest BCUT2D eigenvalue weighted by Crippen LogP contribution is -2.44. The van der Waals surface area contributed by atoms with Crippen LogP contribution in [0.3, 0.4) is 0 Å². The molecule has 13 nitrogen and oxygen atoms in total. The highest BCUT2D eigenvalue weighted by atomic mass is 33.1. The molecule has 0 aromatic heterocycles. The smallest absolute Gasteiger partial charge is 0.329 e. The number of hydrogen-bond acceptors (Lipinski definition) is 10. The van der Waals surface area contributed by atoms with Gasteiger partial charge in [-0.05, 0) is 31.9 Å². The summed E-state index contributed by atoms with van der Waals surface area (Å²) in [6.07, 6.45) is 8.13. The summed E-state index contributed by atoms with van der Waals surface area (Å²) in [6, 6.07) is 0. The summed E-state index contributed by atoms with van der Waals surface area (Å²) in [5.74, 6) is -0.270. The predicted octanol–water partition coefficient (Wildman–Crippen LogP) is 2.43. The molecular formula is C30H55N5O8S3. The molecule has 0 aliphatic rings. The zero-order chi connectivity index (χ0) is 34.4. The van der Waals surface area contributed by atoms with Gasteiger partial charge in [-0.15, -0.1) is 0 Å². The van der Waals surface area contributed by atoms with Gasteiger partial charge in [0.2, 0.25) is 29.5 Å². The van der Waals surface area contributed by atoms with Gasteiger partial charge in [-0.1, -0.05) is 48.3 Å². The Balaban J connectivity index is 4.24. The van der Waals surface area contributed by atoms with Crippen molar-refractivity contribution in [3.8, 4) is 0 Å². The van der Waals surface area contributed by atoms with E-state index in [2.05, 4.69) is 35.1 Å². The van der Waals surface area contributed by atoms with Crippen LogP contribution >= 0.6 is 33.3 Å². The predicted molar refractivity (Wildman–Crippen MR) is 187 cm³/mol. The van der Waals surface area contributed by atoms with Crippen molar-refractivity contribution in [1.29, 1.82) is 0 Å². The molecule has 46 heavy (non-hydrogen) atoms. The lowest BCUT2D eigenvalue weighted by molar-refractivity contribution is -0.146. The van der Waals surface area contributed by atoms with E-state index in [1.165, 1.54) is 4.90 Å². The summed E-state index contributed by atoms with van der Waals surface area (Å²) < 4.78 is 4.92. The van der Waals surface area contributed by atoms with Gasteiger partial charge in [-0.3, -0.25) is 24.0 Å². The van der Waals surface area contributed by atoms with E-state index in [1.54, 1.807) is 33.3 Å². The minimum atomic E-state index is -1.19. The minimum absolute atomic E-state index is 0.0367. The van der Waals surface area contributed by atoms with Crippen LogP contribution in [0.4, 0.5) is 0 Å². The quantitative estimate of drug-likeness (QED) is 0.0546. The van der Waals surface area contributed by atoms with Crippen molar-refractivity contribution < 1.29 is 38.6 Å². The second-order valence-electron chi connectivity index (χ2n) is 10.7. The SMILES string of the molecule is CSCCC(=O)NCCCCCC(=O)NCCN(CCNC(=O)CCCCCNC(=O)CCSSC(C)C)C(=O)COCC(=O)O. The van der Waals surface area contributed by atoms with Crippen LogP contribution in [0.5, 0.6) is 0 Å². The second kappa shape index (κ2) is 30.2. The summed E-state index contributed by atoms with van der Waals surface area (Å²) in [7, 11) is 3.46. The molecule has 0 unspecified atom stereocenters. The number of aliphatic carboxylic acids is 1. The van der Waals surface area contributed by atoms with E-state index in [0.29, 0.717) is 56.9 Å². The van der Waals surface area contributed by atoms with E-state index in [4.69, 9.17) is 9.84 Å². The Morgan fingerprint density at radius 3 is 1.61 bits per heavy atom. The monoisotopic (exact) mass is 709 g/mol. The minimum Gasteiger partial charge on any atom is -0.480 e. The number of nitrogens with zero attached hydrogens (tertiary/aromatic N) is 1.